The van der Waals surface area contributed by atoms with E-state index in [4.69, 9.17) is 0 Å². The van der Waals surface area contributed by atoms with Gasteiger partial charge in [-0.05, 0) is 49.6 Å². The molecule has 0 fully saturated rings. The molecule has 0 bridgehead atoms. The molecule has 5 nitrogen and oxygen atoms in total. The van der Waals surface area contributed by atoms with Crippen LogP contribution in [-0.4, -0.2) is 19.2 Å². The van der Waals surface area contributed by atoms with Crippen molar-refractivity contribution in [1.82, 2.24) is 9.71 Å². The second-order valence-electron chi connectivity index (χ2n) is 5.83. The molecular formula is C17H17FN2O3S. The van der Waals surface area contributed by atoms with E-state index in [-0.39, 0.29) is 17.2 Å². The van der Waals surface area contributed by atoms with Crippen LogP contribution in [0.3, 0.4) is 0 Å². The van der Waals surface area contributed by atoms with Crippen LogP contribution in [0.5, 0.6) is 0 Å². The fourth-order valence-electron chi connectivity index (χ4n) is 2.71. The Kier molecular flexibility index (Phi) is 4.47. The lowest BCUT2D eigenvalue weighted by atomic mass is 9.94. The van der Waals surface area contributed by atoms with Crippen LogP contribution >= 0.6 is 0 Å². The molecule has 0 atom stereocenters. The smallest absolute Gasteiger partial charge is 0.243 e. The van der Waals surface area contributed by atoms with Gasteiger partial charge in [-0.15, -0.1) is 0 Å². The Hall–Kier alpha value is -2.12. The molecule has 1 aromatic heterocycles. The number of hydrogen-bond acceptors (Lipinski definition) is 4. The number of nitrogens with zero attached hydrogens (tertiary/aromatic N) is 1. The van der Waals surface area contributed by atoms with Crippen molar-refractivity contribution in [3.05, 3.63) is 58.7 Å². The first-order valence-corrected chi connectivity index (χ1v) is 9.13. The first-order valence-electron chi connectivity index (χ1n) is 7.64. The second-order valence-corrected chi connectivity index (χ2v) is 7.57. The first-order chi connectivity index (χ1) is 11.4. The lowest BCUT2D eigenvalue weighted by Gasteiger charge is -2.15. The Morgan fingerprint density at radius 1 is 1.21 bits per heavy atom. The molecule has 0 saturated heterocycles. The standard InChI is InChI=1S/C17H17FN2O3S/c1-11-5-8-17(14(18)9-11)24(22,23)19-10-12-6-7-13-15(20-12)3-2-4-16(13)21/h5-9,19H,2-4,10H2,1H3. The number of halogens is 1. The molecule has 24 heavy (non-hydrogen) atoms. The average Bonchev–Trinajstić information content (AvgIpc) is 2.53. The molecule has 1 aliphatic rings. The molecule has 1 heterocycles. The number of carbonyl (C=O) groups is 1. The molecule has 1 aliphatic carbocycles. The van der Waals surface area contributed by atoms with Crippen molar-refractivity contribution in [2.45, 2.75) is 37.6 Å². The first kappa shape index (κ1) is 16.7. The van der Waals surface area contributed by atoms with Crippen molar-refractivity contribution in [2.75, 3.05) is 0 Å². The predicted octanol–water partition coefficient (Wildman–Crippen LogP) is 2.53. The zero-order valence-electron chi connectivity index (χ0n) is 13.2. The van der Waals surface area contributed by atoms with Crippen molar-refractivity contribution in [3.63, 3.8) is 0 Å². The fraction of sp³-hybridized carbons (Fsp3) is 0.294. The van der Waals surface area contributed by atoms with E-state index in [1.807, 2.05) is 0 Å². The molecular weight excluding hydrogens is 331 g/mol. The van der Waals surface area contributed by atoms with Crippen LogP contribution in [0.1, 0.15) is 40.2 Å². The van der Waals surface area contributed by atoms with Crippen LogP contribution in [0.2, 0.25) is 0 Å². The van der Waals surface area contributed by atoms with Gasteiger partial charge in [0, 0.05) is 12.0 Å². The Bertz CT molecular complexity index is 910. The number of aryl methyl sites for hydroxylation is 2. The monoisotopic (exact) mass is 348 g/mol. The highest BCUT2D eigenvalue weighted by molar-refractivity contribution is 7.89. The van der Waals surface area contributed by atoms with Crippen LogP contribution in [0.15, 0.2) is 35.2 Å². The van der Waals surface area contributed by atoms with Crippen molar-refractivity contribution in [2.24, 2.45) is 0 Å². The molecule has 0 unspecified atom stereocenters. The van der Waals surface area contributed by atoms with Gasteiger partial charge >= 0.3 is 0 Å². The number of nitrogens with one attached hydrogen (secondary N) is 1. The molecule has 0 amide bonds. The third-order valence-electron chi connectivity index (χ3n) is 3.97. The highest BCUT2D eigenvalue weighted by atomic mass is 32.2. The number of rotatable bonds is 4. The molecule has 0 spiro atoms. The molecule has 2 aromatic rings. The van der Waals surface area contributed by atoms with Gasteiger partial charge < -0.3 is 0 Å². The average molecular weight is 348 g/mol. The van der Waals surface area contributed by atoms with Crippen LogP contribution in [0, 0.1) is 12.7 Å². The van der Waals surface area contributed by atoms with Crippen LogP contribution in [0.25, 0.3) is 0 Å². The number of carbonyl (C=O) groups excluding carboxylic acids is 1. The Morgan fingerprint density at radius 3 is 2.75 bits per heavy atom. The highest BCUT2D eigenvalue weighted by Crippen LogP contribution is 2.20. The summed E-state index contributed by atoms with van der Waals surface area (Å²) >= 11 is 0. The number of fused-ring (bicyclic) bond motifs is 1. The Morgan fingerprint density at radius 2 is 2.00 bits per heavy atom. The van der Waals surface area contributed by atoms with Crippen LogP contribution in [0.4, 0.5) is 4.39 Å². The van der Waals surface area contributed by atoms with E-state index < -0.39 is 15.8 Å². The van der Waals surface area contributed by atoms with Crippen molar-refractivity contribution in [1.29, 1.82) is 0 Å². The quantitative estimate of drug-likeness (QED) is 0.921. The molecule has 1 N–H and O–H groups in total. The summed E-state index contributed by atoms with van der Waals surface area (Å²) in [6, 6.07) is 7.26. The predicted molar refractivity (Wildman–Crippen MR) is 86.7 cm³/mol. The summed E-state index contributed by atoms with van der Waals surface area (Å²) in [4.78, 5) is 15.7. The van der Waals surface area contributed by atoms with Crippen molar-refractivity contribution < 1.29 is 17.6 Å². The van der Waals surface area contributed by atoms with Gasteiger partial charge in [-0.25, -0.2) is 17.5 Å². The fourth-order valence-corrected chi connectivity index (χ4v) is 3.77. The molecule has 0 aliphatic heterocycles. The van der Waals surface area contributed by atoms with Crippen molar-refractivity contribution in [3.8, 4) is 0 Å². The van der Waals surface area contributed by atoms with E-state index in [1.54, 1.807) is 25.1 Å². The number of aromatic nitrogens is 1. The van der Waals surface area contributed by atoms with E-state index >= 15 is 0 Å². The summed E-state index contributed by atoms with van der Waals surface area (Å²) < 4.78 is 40.7. The van der Waals surface area contributed by atoms with Crippen LogP contribution in [-0.2, 0) is 23.0 Å². The van der Waals surface area contributed by atoms with Gasteiger partial charge in [-0.3, -0.25) is 9.78 Å². The summed E-state index contributed by atoms with van der Waals surface area (Å²) in [5.41, 5.74) is 2.45. The van der Waals surface area contributed by atoms with E-state index in [1.165, 1.54) is 12.1 Å². The van der Waals surface area contributed by atoms with Crippen LogP contribution < -0.4 is 4.72 Å². The molecule has 3 rings (SSSR count). The summed E-state index contributed by atoms with van der Waals surface area (Å²) in [7, 11) is -3.97. The maximum Gasteiger partial charge on any atom is 0.243 e. The summed E-state index contributed by atoms with van der Waals surface area (Å²) in [6.07, 6.45) is 1.98. The minimum Gasteiger partial charge on any atom is -0.294 e. The van der Waals surface area contributed by atoms with Gasteiger partial charge in [0.2, 0.25) is 10.0 Å². The number of pyridine rings is 1. The van der Waals surface area contributed by atoms with E-state index in [9.17, 15) is 17.6 Å². The maximum atomic E-state index is 13.9. The van der Waals surface area contributed by atoms with Gasteiger partial charge in [0.15, 0.2) is 5.78 Å². The molecule has 0 radical (unpaired) electrons. The number of hydrogen-bond donors (Lipinski definition) is 1. The molecule has 126 valence electrons. The number of benzene rings is 1. The van der Waals surface area contributed by atoms with E-state index in [2.05, 4.69) is 9.71 Å². The molecule has 0 saturated carbocycles. The topological polar surface area (TPSA) is 76.1 Å². The minimum absolute atomic E-state index is 0.0584. The zero-order valence-corrected chi connectivity index (χ0v) is 14.0. The molecule has 1 aromatic carbocycles. The van der Waals surface area contributed by atoms with E-state index in [0.717, 1.165) is 6.42 Å². The number of ketones is 1. The van der Waals surface area contributed by atoms with Gasteiger partial charge in [0.25, 0.3) is 0 Å². The number of Topliss-reactive ketones (excluding diaryl/α,β-unsaturated/α-hetero) is 1. The van der Waals surface area contributed by atoms with Crippen molar-refractivity contribution >= 4 is 15.8 Å². The normalized spacial score (nSPS) is 14.5. The summed E-state index contributed by atoms with van der Waals surface area (Å²) in [5, 5.41) is 0. The van der Waals surface area contributed by atoms with Gasteiger partial charge in [-0.2, -0.15) is 0 Å². The van der Waals surface area contributed by atoms with Gasteiger partial charge in [-0.1, -0.05) is 6.07 Å². The lowest BCUT2D eigenvalue weighted by Crippen LogP contribution is -2.25. The maximum absolute atomic E-state index is 13.9. The SMILES string of the molecule is Cc1ccc(S(=O)(=O)NCc2ccc3c(n2)CCCC3=O)c(F)c1. The molecule has 7 heteroatoms. The summed E-state index contributed by atoms with van der Waals surface area (Å²) in [6.45, 7) is 1.63. The Labute approximate surface area is 140 Å². The highest BCUT2D eigenvalue weighted by Gasteiger charge is 2.21. The largest absolute Gasteiger partial charge is 0.294 e. The Balaban J connectivity index is 1.79. The van der Waals surface area contributed by atoms with Gasteiger partial charge in [0.05, 0.1) is 17.9 Å². The summed E-state index contributed by atoms with van der Waals surface area (Å²) in [5.74, 6) is -0.718. The zero-order chi connectivity index (χ0) is 17.3. The van der Waals surface area contributed by atoms with Gasteiger partial charge in [0.1, 0.15) is 10.7 Å². The third kappa shape index (κ3) is 3.37. The lowest BCUT2D eigenvalue weighted by molar-refractivity contribution is 0.0971. The number of sulfonamides is 1. The minimum atomic E-state index is -3.97. The second kappa shape index (κ2) is 6.41. The third-order valence-corrected chi connectivity index (χ3v) is 5.40. The van der Waals surface area contributed by atoms with E-state index in [0.29, 0.717) is 35.4 Å².